The first-order valence-electron chi connectivity index (χ1n) is 9.44. The molecule has 8 nitrogen and oxygen atoms in total. The normalized spacial score (nSPS) is 16.1. The summed E-state index contributed by atoms with van der Waals surface area (Å²) in [4.78, 5) is 42.9. The molecule has 0 bridgehead atoms. The zero-order valence-electron chi connectivity index (χ0n) is 15.4. The number of H-pyrrole nitrogens is 2. The lowest BCUT2D eigenvalue weighted by Gasteiger charge is -2.33. The van der Waals surface area contributed by atoms with Crippen LogP contribution in [0.1, 0.15) is 41.4 Å². The molecule has 3 heterocycles. The molecule has 0 saturated carbocycles. The van der Waals surface area contributed by atoms with Crippen LogP contribution in [0, 0.1) is 0 Å². The van der Waals surface area contributed by atoms with E-state index in [1.165, 1.54) is 6.42 Å². The molecule has 1 atom stereocenters. The first-order valence-corrected chi connectivity index (χ1v) is 9.44. The number of aromatic amines is 2. The number of aromatic nitrogens is 2. The molecule has 0 aliphatic carbocycles. The smallest absolute Gasteiger partial charge is 0.314 e. The minimum Gasteiger partial charge on any atom is -0.468 e. The topological polar surface area (TPSA) is 111 Å². The summed E-state index contributed by atoms with van der Waals surface area (Å²) in [6, 6.07) is 8.56. The molecule has 1 aromatic carbocycles. The second kappa shape index (κ2) is 7.85. The number of amides is 1. The van der Waals surface area contributed by atoms with E-state index >= 15 is 0 Å². The Morgan fingerprint density at radius 1 is 1.07 bits per heavy atom. The third-order valence-corrected chi connectivity index (χ3v) is 5.14. The van der Waals surface area contributed by atoms with Gasteiger partial charge in [-0.25, -0.2) is 0 Å². The Kier molecular flexibility index (Phi) is 5.12. The van der Waals surface area contributed by atoms with E-state index in [0.717, 1.165) is 31.7 Å². The van der Waals surface area contributed by atoms with Crippen molar-refractivity contribution >= 4 is 16.9 Å². The summed E-state index contributed by atoms with van der Waals surface area (Å²) in [5.41, 5.74) is -0.161. The van der Waals surface area contributed by atoms with E-state index in [2.05, 4.69) is 20.2 Å². The molecule has 2 aromatic heterocycles. The third kappa shape index (κ3) is 3.77. The predicted molar refractivity (Wildman–Crippen MR) is 104 cm³/mol. The van der Waals surface area contributed by atoms with Crippen LogP contribution in [-0.2, 0) is 0 Å². The fourth-order valence-electron chi connectivity index (χ4n) is 3.67. The highest BCUT2D eigenvalue weighted by atomic mass is 16.3. The number of nitrogens with one attached hydrogen (secondary N) is 3. The van der Waals surface area contributed by atoms with Crippen molar-refractivity contribution in [1.82, 2.24) is 20.2 Å². The lowest BCUT2D eigenvalue weighted by Crippen LogP contribution is -2.40. The molecular weight excluding hydrogens is 360 g/mol. The van der Waals surface area contributed by atoms with Crippen molar-refractivity contribution in [2.75, 3.05) is 19.6 Å². The molecule has 8 heteroatoms. The van der Waals surface area contributed by atoms with Crippen LogP contribution < -0.4 is 16.4 Å². The molecule has 1 fully saturated rings. The molecule has 1 aliphatic rings. The lowest BCUT2D eigenvalue weighted by molar-refractivity contribution is 0.0914. The maximum atomic E-state index is 12.7. The average molecular weight is 382 g/mol. The summed E-state index contributed by atoms with van der Waals surface area (Å²) >= 11 is 0. The molecule has 3 N–H and O–H groups in total. The van der Waals surface area contributed by atoms with E-state index in [9.17, 15) is 14.4 Å². The summed E-state index contributed by atoms with van der Waals surface area (Å²) < 4.78 is 5.60. The fraction of sp³-hybridized carbons (Fsp3) is 0.350. The molecule has 1 saturated heterocycles. The highest BCUT2D eigenvalue weighted by Crippen LogP contribution is 2.24. The van der Waals surface area contributed by atoms with E-state index in [0.29, 0.717) is 23.1 Å². The molecule has 1 aliphatic heterocycles. The Labute approximate surface area is 160 Å². The molecule has 1 amide bonds. The fourth-order valence-corrected chi connectivity index (χ4v) is 3.67. The van der Waals surface area contributed by atoms with Gasteiger partial charge >= 0.3 is 11.1 Å². The van der Waals surface area contributed by atoms with Crippen LogP contribution in [0.5, 0.6) is 0 Å². The van der Waals surface area contributed by atoms with Crippen LogP contribution in [0.25, 0.3) is 11.0 Å². The summed E-state index contributed by atoms with van der Waals surface area (Å²) in [5.74, 6) is 0.588. The standard InChI is InChI=1S/C20H22N4O4/c25-18(13-6-7-14-15(11-13)23-20(27)19(26)22-14)21-12-16(17-5-4-10-28-17)24-8-2-1-3-9-24/h4-7,10-11,16H,1-3,8-9,12H2,(H,21,25)(H,22,26)(H,23,27)/t16-/m1/s1. The van der Waals surface area contributed by atoms with Crippen molar-refractivity contribution in [3.05, 3.63) is 68.6 Å². The Hall–Kier alpha value is -3.13. The van der Waals surface area contributed by atoms with Crippen molar-refractivity contribution in [2.45, 2.75) is 25.3 Å². The van der Waals surface area contributed by atoms with Gasteiger partial charge < -0.3 is 19.7 Å². The van der Waals surface area contributed by atoms with Crippen LogP contribution in [0.4, 0.5) is 0 Å². The van der Waals surface area contributed by atoms with Gasteiger partial charge in [-0.05, 0) is 56.3 Å². The van der Waals surface area contributed by atoms with Crippen LogP contribution in [-0.4, -0.2) is 40.4 Å². The van der Waals surface area contributed by atoms with E-state index in [1.54, 1.807) is 24.5 Å². The number of rotatable bonds is 5. The second-order valence-electron chi connectivity index (χ2n) is 7.01. The number of carbonyl (C=O) groups excluding carboxylic acids is 1. The van der Waals surface area contributed by atoms with Crippen molar-refractivity contribution in [1.29, 1.82) is 0 Å². The maximum Gasteiger partial charge on any atom is 0.314 e. The largest absolute Gasteiger partial charge is 0.468 e. The average Bonchev–Trinajstić information content (AvgIpc) is 3.24. The number of hydrogen-bond donors (Lipinski definition) is 3. The predicted octanol–water partition coefficient (Wildman–Crippen LogP) is 1.77. The first kappa shape index (κ1) is 18.2. The number of nitrogens with zero attached hydrogens (tertiary/aromatic N) is 1. The molecule has 0 unspecified atom stereocenters. The van der Waals surface area contributed by atoms with Crippen LogP contribution in [0.3, 0.4) is 0 Å². The highest BCUT2D eigenvalue weighted by molar-refractivity contribution is 5.97. The molecular formula is C20H22N4O4. The Morgan fingerprint density at radius 2 is 1.82 bits per heavy atom. The van der Waals surface area contributed by atoms with E-state index in [4.69, 9.17) is 4.42 Å². The van der Waals surface area contributed by atoms with Gasteiger partial charge in [0.05, 0.1) is 23.3 Å². The minimum absolute atomic E-state index is 0.0177. The van der Waals surface area contributed by atoms with Gasteiger partial charge in [0.1, 0.15) is 5.76 Å². The number of piperidine rings is 1. The summed E-state index contributed by atoms with van der Waals surface area (Å²) in [6.45, 7) is 2.38. The van der Waals surface area contributed by atoms with Gasteiger partial charge in [0, 0.05) is 12.1 Å². The van der Waals surface area contributed by atoms with Gasteiger partial charge in [-0.2, -0.15) is 0 Å². The van der Waals surface area contributed by atoms with Gasteiger partial charge in [0.2, 0.25) is 0 Å². The van der Waals surface area contributed by atoms with Gasteiger partial charge in [0.25, 0.3) is 5.91 Å². The molecule has 0 radical (unpaired) electrons. The Balaban J connectivity index is 1.51. The maximum absolute atomic E-state index is 12.7. The Morgan fingerprint density at radius 3 is 2.54 bits per heavy atom. The van der Waals surface area contributed by atoms with Crippen molar-refractivity contribution < 1.29 is 9.21 Å². The SMILES string of the molecule is O=C(NC[C@H](c1ccco1)N1CCCCC1)c1ccc2[nH]c(=O)c(=O)[nH]c2c1. The number of hydrogen-bond acceptors (Lipinski definition) is 5. The Bertz CT molecular complexity index is 1080. The monoisotopic (exact) mass is 382 g/mol. The number of benzene rings is 1. The number of fused-ring (bicyclic) bond motifs is 1. The van der Waals surface area contributed by atoms with Crippen molar-refractivity contribution in [3.8, 4) is 0 Å². The summed E-state index contributed by atoms with van der Waals surface area (Å²) in [7, 11) is 0. The molecule has 146 valence electrons. The zero-order chi connectivity index (χ0) is 19.5. The molecule has 0 spiro atoms. The van der Waals surface area contributed by atoms with Crippen LogP contribution >= 0.6 is 0 Å². The van der Waals surface area contributed by atoms with Crippen molar-refractivity contribution in [3.63, 3.8) is 0 Å². The van der Waals surface area contributed by atoms with E-state index < -0.39 is 11.1 Å². The quantitative estimate of drug-likeness (QED) is 0.583. The van der Waals surface area contributed by atoms with Crippen LogP contribution in [0.2, 0.25) is 0 Å². The number of likely N-dealkylation sites (tertiary alicyclic amines) is 1. The zero-order valence-corrected chi connectivity index (χ0v) is 15.4. The lowest BCUT2D eigenvalue weighted by atomic mass is 10.1. The third-order valence-electron chi connectivity index (χ3n) is 5.14. The van der Waals surface area contributed by atoms with Gasteiger partial charge in [-0.15, -0.1) is 0 Å². The van der Waals surface area contributed by atoms with Gasteiger partial charge in [0.15, 0.2) is 0 Å². The van der Waals surface area contributed by atoms with Crippen molar-refractivity contribution in [2.24, 2.45) is 0 Å². The van der Waals surface area contributed by atoms with Gasteiger partial charge in [-0.1, -0.05) is 6.42 Å². The molecule has 4 rings (SSSR count). The van der Waals surface area contributed by atoms with Gasteiger partial charge in [-0.3, -0.25) is 19.3 Å². The number of furan rings is 1. The number of carbonyl (C=O) groups is 1. The molecule has 28 heavy (non-hydrogen) atoms. The van der Waals surface area contributed by atoms with E-state index in [1.807, 2.05) is 12.1 Å². The molecule has 3 aromatic rings. The van der Waals surface area contributed by atoms with Crippen LogP contribution in [0.15, 0.2) is 50.6 Å². The van der Waals surface area contributed by atoms with E-state index in [-0.39, 0.29) is 11.9 Å². The summed E-state index contributed by atoms with van der Waals surface area (Å²) in [5, 5.41) is 2.97. The first-order chi connectivity index (χ1) is 13.6. The minimum atomic E-state index is -0.743. The summed E-state index contributed by atoms with van der Waals surface area (Å²) in [6.07, 6.45) is 5.16. The highest BCUT2D eigenvalue weighted by Gasteiger charge is 2.25. The second-order valence-corrected chi connectivity index (χ2v) is 7.01.